The number of nitrogens with one attached hydrogen (secondary N) is 2. The molecule has 1 aromatic heterocycles. The Morgan fingerprint density at radius 3 is 2.56 bits per heavy atom. The van der Waals surface area contributed by atoms with Crippen LogP contribution in [0.25, 0.3) is 11.3 Å². The van der Waals surface area contributed by atoms with Crippen molar-refractivity contribution in [2.24, 2.45) is 0 Å². The van der Waals surface area contributed by atoms with E-state index in [0.717, 1.165) is 5.56 Å². The first-order valence-corrected chi connectivity index (χ1v) is 8.70. The highest BCUT2D eigenvalue weighted by atomic mass is 35.5. The Labute approximate surface area is 161 Å². The molecule has 0 saturated carbocycles. The van der Waals surface area contributed by atoms with Gasteiger partial charge in [0.05, 0.1) is 5.02 Å². The monoisotopic (exact) mass is 383 g/mol. The van der Waals surface area contributed by atoms with Crippen LogP contribution in [0, 0.1) is 6.92 Å². The van der Waals surface area contributed by atoms with Crippen molar-refractivity contribution < 1.29 is 14.1 Å². The zero-order valence-electron chi connectivity index (χ0n) is 14.9. The van der Waals surface area contributed by atoms with Gasteiger partial charge in [0.2, 0.25) is 5.91 Å². The summed E-state index contributed by atoms with van der Waals surface area (Å²) in [5.41, 5.74) is 2.79. The van der Waals surface area contributed by atoms with Gasteiger partial charge in [-0.15, -0.1) is 0 Å². The van der Waals surface area contributed by atoms with E-state index in [0.29, 0.717) is 33.3 Å². The summed E-state index contributed by atoms with van der Waals surface area (Å²) in [4.78, 5) is 24.1. The first-order chi connectivity index (χ1) is 13.0. The average Bonchev–Trinajstić information content (AvgIpc) is 3.02. The number of hydrogen-bond donors (Lipinski definition) is 2. The topological polar surface area (TPSA) is 84.2 Å². The molecule has 0 aliphatic carbocycles. The lowest BCUT2D eigenvalue weighted by Gasteiger charge is -2.11. The van der Waals surface area contributed by atoms with Crippen LogP contribution < -0.4 is 10.6 Å². The lowest BCUT2D eigenvalue weighted by molar-refractivity contribution is -0.114. The van der Waals surface area contributed by atoms with Gasteiger partial charge in [-0.1, -0.05) is 53.2 Å². The number of aromatic nitrogens is 1. The van der Waals surface area contributed by atoms with Crippen molar-refractivity contribution in [2.45, 2.75) is 20.4 Å². The number of para-hydroxylation sites is 1. The zero-order valence-corrected chi connectivity index (χ0v) is 15.6. The van der Waals surface area contributed by atoms with Gasteiger partial charge in [0.15, 0.2) is 0 Å². The number of amides is 2. The van der Waals surface area contributed by atoms with Crippen molar-refractivity contribution >= 4 is 29.1 Å². The van der Waals surface area contributed by atoms with E-state index in [-0.39, 0.29) is 18.4 Å². The summed E-state index contributed by atoms with van der Waals surface area (Å²) in [5.74, 6) is -0.108. The van der Waals surface area contributed by atoms with E-state index < -0.39 is 0 Å². The van der Waals surface area contributed by atoms with Crippen LogP contribution >= 0.6 is 11.6 Å². The van der Waals surface area contributed by atoms with Gasteiger partial charge in [-0.2, -0.15) is 0 Å². The van der Waals surface area contributed by atoms with Crippen LogP contribution in [-0.2, 0) is 11.3 Å². The molecular weight excluding hydrogens is 366 g/mol. The van der Waals surface area contributed by atoms with Crippen molar-refractivity contribution in [3.8, 4) is 11.3 Å². The summed E-state index contributed by atoms with van der Waals surface area (Å²) in [6.45, 7) is 3.35. The highest BCUT2D eigenvalue weighted by Gasteiger charge is 2.23. The summed E-state index contributed by atoms with van der Waals surface area (Å²) >= 11 is 6.23. The number of hydrogen-bond acceptors (Lipinski definition) is 4. The molecule has 6 nitrogen and oxygen atoms in total. The summed E-state index contributed by atoms with van der Waals surface area (Å²) in [7, 11) is 0. The summed E-state index contributed by atoms with van der Waals surface area (Å²) < 4.78 is 5.23. The molecule has 0 radical (unpaired) electrons. The standard InChI is InChI=1S/C20H18ClN3O3/c1-12-18(19(24-27-12)15-8-4-5-9-16(15)21)20(26)22-11-14-7-3-6-10-17(14)23-13(2)25/h3-10H,11H2,1-2H3,(H,22,26)(H,23,25). The number of benzene rings is 2. The molecule has 0 bridgehead atoms. The van der Waals surface area contributed by atoms with Crippen molar-refractivity contribution in [3.05, 3.63) is 70.4 Å². The normalized spacial score (nSPS) is 10.5. The lowest BCUT2D eigenvalue weighted by Crippen LogP contribution is -2.24. The molecule has 0 fully saturated rings. The maximum atomic E-state index is 12.8. The molecule has 3 rings (SSSR count). The fraction of sp³-hybridized carbons (Fsp3) is 0.150. The molecule has 0 saturated heterocycles. The van der Waals surface area contributed by atoms with E-state index in [1.165, 1.54) is 6.92 Å². The van der Waals surface area contributed by atoms with Gasteiger partial charge < -0.3 is 15.2 Å². The second-order valence-corrected chi connectivity index (χ2v) is 6.37. The molecule has 27 heavy (non-hydrogen) atoms. The van der Waals surface area contributed by atoms with Crippen LogP contribution in [0.1, 0.15) is 28.6 Å². The molecule has 2 N–H and O–H groups in total. The molecular formula is C20H18ClN3O3. The third-order valence-electron chi connectivity index (χ3n) is 3.99. The largest absolute Gasteiger partial charge is 0.360 e. The molecule has 7 heteroatoms. The van der Waals surface area contributed by atoms with Crippen molar-refractivity contribution in [3.63, 3.8) is 0 Å². The highest BCUT2D eigenvalue weighted by molar-refractivity contribution is 6.33. The number of anilines is 1. The van der Waals surface area contributed by atoms with Crippen LogP contribution in [0.3, 0.4) is 0 Å². The highest BCUT2D eigenvalue weighted by Crippen LogP contribution is 2.31. The number of carbonyl (C=O) groups is 2. The Balaban J connectivity index is 1.84. The Morgan fingerprint density at radius 1 is 1.11 bits per heavy atom. The van der Waals surface area contributed by atoms with Gasteiger partial charge in [0, 0.05) is 24.7 Å². The molecule has 138 valence electrons. The zero-order chi connectivity index (χ0) is 19.4. The number of nitrogens with zero attached hydrogens (tertiary/aromatic N) is 1. The molecule has 0 atom stereocenters. The minimum absolute atomic E-state index is 0.176. The molecule has 0 unspecified atom stereocenters. The third kappa shape index (κ3) is 4.17. The molecule has 2 aromatic carbocycles. The van der Waals surface area contributed by atoms with Crippen molar-refractivity contribution in [2.75, 3.05) is 5.32 Å². The Hall–Kier alpha value is -3.12. The van der Waals surface area contributed by atoms with Gasteiger partial charge in [-0.3, -0.25) is 9.59 Å². The Kier molecular flexibility index (Phi) is 5.57. The molecule has 0 aliphatic rings. The maximum absolute atomic E-state index is 12.8. The van der Waals surface area contributed by atoms with Crippen LogP contribution in [0.4, 0.5) is 5.69 Å². The van der Waals surface area contributed by atoms with Crippen molar-refractivity contribution in [1.82, 2.24) is 10.5 Å². The van der Waals surface area contributed by atoms with E-state index in [4.69, 9.17) is 16.1 Å². The minimum Gasteiger partial charge on any atom is -0.360 e. The molecule has 0 spiro atoms. The molecule has 3 aromatic rings. The van der Waals surface area contributed by atoms with Crippen LogP contribution in [0.2, 0.25) is 5.02 Å². The summed E-state index contributed by atoms with van der Waals surface area (Å²) in [6.07, 6.45) is 0. The van der Waals surface area contributed by atoms with Crippen LogP contribution in [-0.4, -0.2) is 17.0 Å². The van der Waals surface area contributed by atoms with Crippen LogP contribution in [0.5, 0.6) is 0 Å². The predicted octanol–water partition coefficient (Wildman–Crippen LogP) is 4.19. The number of halogens is 1. The molecule has 1 heterocycles. The number of carbonyl (C=O) groups excluding carboxylic acids is 2. The average molecular weight is 384 g/mol. The first-order valence-electron chi connectivity index (χ1n) is 8.32. The van der Waals surface area contributed by atoms with Gasteiger partial charge in [-0.25, -0.2) is 0 Å². The van der Waals surface area contributed by atoms with Gasteiger partial charge >= 0.3 is 0 Å². The maximum Gasteiger partial charge on any atom is 0.257 e. The first kappa shape index (κ1) is 18.7. The fourth-order valence-corrected chi connectivity index (χ4v) is 2.95. The summed E-state index contributed by atoms with van der Waals surface area (Å²) in [6, 6.07) is 14.4. The molecule has 0 aliphatic heterocycles. The van der Waals surface area contributed by atoms with E-state index in [2.05, 4.69) is 15.8 Å². The minimum atomic E-state index is -0.332. The summed E-state index contributed by atoms with van der Waals surface area (Å²) in [5, 5.41) is 10.1. The van der Waals surface area contributed by atoms with Gasteiger partial charge in [0.1, 0.15) is 17.0 Å². The van der Waals surface area contributed by atoms with Crippen LogP contribution in [0.15, 0.2) is 53.1 Å². The van der Waals surface area contributed by atoms with Gasteiger partial charge in [0.25, 0.3) is 5.91 Å². The fourth-order valence-electron chi connectivity index (χ4n) is 2.73. The van der Waals surface area contributed by atoms with E-state index >= 15 is 0 Å². The second kappa shape index (κ2) is 8.05. The Bertz CT molecular complexity index is 998. The number of aryl methyl sites for hydroxylation is 1. The second-order valence-electron chi connectivity index (χ2n) is 5.96. The van der Waals surface area contributed by atoms with Gasteiger partial charge in [-0.05, 0) is 24.6 Å². The smallest absolute Gasteiger partial charge is 0.257 e. The quantitative estimate of drug-likeness (QED) is 0.691. The predicted molar refractivity (Wildman–Crippen MR) is 104 cm³/mol. The van der Waals surface area contributed by atoms with E-state index in [9.17, 15) is 9.59 Å². The SMILES string of the molecule is CC(=O)Nc1ccccc1CNC(=O)c1c(-c2ccccc2Cl)noc1C. The van der Waals surface area contributed by atoms with E-state index in [1.54, 1.807) is 31.2 Å². The third-order valence-corrected chi connectivity index (χ3v) is 4.32. The molecule has 2 amide bonds. The lowest BCUT2D eigenvalue weighted by atomic mass is 10.1. The van der Waals surface area contributed by atoms with Crippen molar-refractivity contribution in [1.29, 1.82) is 0 Å². The number of rotatable bonds is 5. The van der Waals surface area contributed by atoms with E-state index in [1.807, 2.05) is 24.3 Å². The Morgan fingerprint density at radius 2 is 1.81 bits per heavy atom.